The van der Waals surface area contributed by atoms with E-state index in [1.165, 1.54) is 6.42 Å². The third-order valence-electron chi connectivity index (χ3n) is 2.47. The molecule has 0 aromatic heterocycles. The number of amides is 1. The normalized spacial score (nSPS) is 21.2. The van der Waals surface area contributed by atoms with Gasteiger partial charge in [-0.1, -0.05) is 29.8 Å². The molecule has 64 valence electrons. The average molecular weight is 220 g/mol. The molecule has 1 aliphatic heterocycles. The molecule has 0 radical (unpaired) electrons. The Morgan fingerprint density at radius 2 is 2.18 bits per heavy atom. The zero-order valence-electron chi connectivity index (χ0n) is 7.06. The van der Waals surface area contributed by atoms with Crippen LogP contribution in [0.25, 0.3) is 0 Å². The predicted molar refractivity (Wildman–Crippen MR) is 48.8 cm³/mol. The van der Waals surface area contributed by atoms with E-state index in [-0.39, 0.29) is 5.91 Å². The van der Waals surface area contributed by atoms with Gasteiger partial charge in [0.2, 0.25) is 5.91 Å². The van der Waals surface area contributed by atoms with Gasteiger partial charge in [-0.2, -0.15) is 0 Å². The lowest BCUT2D eigenvalue weighted by Gasteiger charge is -2.47. The smallest absolute Gasteiger partial charge is 0.233 e. The summed E-state index contributed by atoms with van der Waals surface area (Å²) in [5, 5.41) is 0.465. The number of likely N-dealkylation sites (tertiary alicyclic amines) is 1. The molecule has 0 aromatic rings. The minimum absolute atomic E-state index is 0.218. The van der Waals surface area contributed by atoms with E-state index in [0.29, 0.717) is 10.7 Å². The van der Waals surface area contributed by atoms with Crippen molar-refractivity contribution in [3.05, 3.63) is 0 Å². The van der Waals surface area contributed by atoms with Gasteiger partial charge in [0.15, 0.2) is 0 Å². The maximum absolute atomic E-state index is 11.1. The Morgan fingerprint density at radius 1 is 1.64 bits per heavy atom. The van der Waals surface area contributed by atoms with E-state index in [0.717, 1.165) is 13.1 Å². The van der Waals surface area contributed by atoms with Gasteiger partial charge in [-0.25, -0.2) is 0 Å². The van der Waals surface area contributed by atoms with Gasteiger partial charge < -0.3 is 4.90 Å². The molecule has 0 saturated carbocycles. The summed E-state index contributed by atoms with van der Waals surface area (Å²) in [6.45, 7) is 6.28. The largest absolute Gasteiger partial charge is 0.341 e. The van der Waals surface area contributed by atoms with Crippen molar-refractivity contribution in [2.24, 2.45) is 5.41 Å². The monoisotopic (exact) mass is 219 g/mol. The molecule has 0 N–H and O–H groups in total. The molecule has 0 bridgehead atoms. The first kappa shape index (κ1) is 9.04. The summed E-state index contributed by atoms with van der Waals surface area (Å²) in [7, 11) is 0. The average Bonchev–Trinajstić information content (AvgIpc) is 1.97. The van der Waals surface area contributed by atoms with Crippen molar-refractivity contribution in [1.82, 2.24) is 4.90 Å². The molecule has 1 saturated heterocycles. The molecule has 0 unspecified atom stereocenters. The van der Waals surface area contributed by atoms with Crippen molar-refractivity contribution in [3.8, 4) is 0 Å². The quantitative estimate of drug-likeness (QED) is 0.648. The van der Waals surface area contributed by atoms with E-state index >= 15 is 0 Å². The van der Waals surface area contributed by atoms with Crippen LogP contribution in [0.1, 0.15) is 20.3 Å². The van der Waals surface area contributed by atoms with Crippen molar-refractivity contribution < 1.29 is 4.79 Å². The van der Waals surface area contributed by atoms with Gasteiger partial charge >= 0.3 is 0 Å². The van der Waals surface area contributed by atoms with Crippen LogP contribution in [0.3, 0.4) is 0 Å². The predicted octanol–water partition coefficient (Wildman–Crippen LogP) is 1.64. The van der Waals surface area contributed by atoms with E-state index in [1.807, 2.05) is 4.90 Å². The Labute approximate surface area is 76.1 Å². The Bertz CT molecular complexity index is 163. The number of halogens is 1. The zero-order valence-corrected chi connectivity index (χ0v) is 8.65. The molecule has 0 aliphatic carbocycles. The van der Waals surface area contributed by atoms with Crippen molar-refractivity contribution in [2.45, 2.75) is 20.3 Å². The molecule has 0 spiro atoms. The summed E-state index contributed by atoms with van der Waals surface area (Å²) in [6, 6.07) is 0. The van der Waals surface area contributed by atoms with Crippen LogP contribution in [0.5, 0.6) is 0 Å². The van der Waals surface area contributed by atoms with Gasteiger partial charge in [-0.05, 0) is 6.42 Å². The molecular weight excluding hydrogens is 206 g/mol. The SMILES string of the molecule is CCC1(C)CN(C(=O)CBr)C1. The minimum atomic E-state index is 0.218. The molecule has 0 atom stereocenters. The van der Waals surface area contributed by atoms with Gasteiger partial charge in [-0.3, -0.25) is 4.79 Å². The first-order chi connectivity index (χ1) is 5.11. The van der Waals surface area contributed by atoms with Crippen LogP contribution in [-0.4, -0.2) is 29.2 Å². The topological polar surface area (TPSA) is 20.3 Å². The number of rotatable bonds is 2. The van der Waals surface area contributed by atoms with E-state index in [1.54, 1.807) is 0 Å². The van der Waals surface area contributed by atoms with Crippen LogP contribution in [0, 0.1) is 5.41 Å². The molecule has 1 rings (SSSR count). The highest BCUT2D eigenvalue weighted by Gasteiger charge is 2.38. The summed E-state index contributed by atoms with van der Waals surface area (Å²) < 4.78 is 0. The van der Waals surface area contributed by atoms with Crippen LogP contribution >= 0.6 is 15.9 Å². The van der Waals surface area contributed by atoms with Gasteiger partial charge in [0.25, 0.3) is 0 Å². The maximum atomic E-state index is 11.1. The van der Waals surface area contributed by atoms with Crippen LogP contribution in [0.2, 0.25) is 0 Å². The summed E-state index contributed by atoms with van der Waals surface area (Å²) in [6.07, 6.45) is 1.17. The lowest BCUT2D eigenvalue weighted by atomic mass is 9.79. The third-order valence-corrected chi connectivity index (χ3v) is 2.95. The molecule has 2 nitrogen and oxygen atoms in total. The Morgan fingerprint density at radius 3 is 2.55 bits per heavy atom. The van der Waals surface area contributed by atoms with Gasteiger partial charge in [0, 0.05) is 18.5 Å². The number of hydrogen-bond donors (Lipinski definition) is 0. The van der Waals surface area contributed by atoms with E-state index in [2.05, 4.69) is 29.8 Å². The van der Waals surface area contributed by atoms with E-state index in [9.17, 15) is 4.79 Å². The van der Waals surface area contributed by atoms with Crippen molar-refractivity contribution in [1.29, 1.82) is 0 Å². The number of nitrogens with zero attached hydrogens (tertiary/aromatic N) is 1. The standard InChI is InChI=1S/C8H14BrNO/c1-3-8(2)5-10(6-8)7(11)4-9/h3-6H2,1-2H3. The highest BCUT2D eigenvalue weighted by atomic mass is 79.9. The fraction of sp³-hybridized carbons (Fsp3) is 0.875. The Kier molecular flexibility index (Phi) is 2.58. The zero-order chi connectivity index (χ0) is 8.48. The number of carbonyl (C=O) groups excluding carboxylic acids is 1. The second kappa shape index (κ2) is 3.13. The van der Waals surface area contributed by atoms with Crippen molar-refractivity contribution in [3.63, 3.8) is 0 Å². The maximum Gasteiger partial charge on any atom is 0.233 e. The molecule has 1 fully saturated rings. The molecule has 0 aromatic carbocycles. The summed E-state index contributed by atoms with van der Waals surface area (Å²) >= 11 is 3.16. The second-order valence-corrected chi connectivity index (χ2v) is 4.11. The van der Waals surface area contributed by atoms with Crippen LogP contribution < -0.4 is 0 Å². The summed E-state index contributed by atoms with van der Waals surface area (Å²) in [5.74, 6) is 0.218. The van der Waals surface area contributed by atoms with Crippen LogP contribution in [0.15, 0.2) is 0 Å². The summed E-state index contributed by atoms with van der Waals surface area (Å²) in [4.78, 5) is 13.0. The fourth-order valence-electron chi connectivity index (χ4n) is 1.36. The summed E-state index contributed by atoms with van der Waals surface area (Å²) in [5.41, 5.74) is 0.401. The van der Waals surface area contributed by atoms with Crippen LogP contribution in [-0.2, 0) is 4.79 Å². The van der Waals surface area contributed by atoms with Gasteiger partial charge in [-0.15, -0.1) is 0 Å². The van der Waals surface area contributed by atoms with Crippen LogP contribution in [0.4, 0.5) is 0 Å². The molecule has 1 amide bonds. The second-order valence-electron chi connectivity index (χ2n) is 3.55. The lowest BCUT2D eigenvalue weighted by Crippen LogP contribution is -2.56. The first-order valence-electron chi connectivity index (χ1n) is 3.95. The van der Waals surface area contributed by atoms with E-state index in [4.69, 9.17) is 0 Å². The highest BCUT2D eigenvalue weighted by molar-refractivity contribution is 9.09. The number of alkyl halides is 1. The van der Waals surface area contributed by atoms with Crippen molar-refractivity contribution >= 4 is 21.8 Å². The number of carbonyl (C=O) groups is 1. The third kappa shape index (κ3) is 1.75. The van der Waals surface area contributed by atoms with E-state index < -0.39 is 0 Å². The molecular formula is C8H14BrNO. The van der Waals surface area contributed by atoms with Gasteiger partial charge in [0.1, 0.15) is 0 Å². The highest BCUT2D eigenvalue weighted by Crippen LogP contribution is 2.32. The van der Waals surface area contributed by atoms with Crippen molar-refractivity contribution in [2.75, 3.05) is 18.4 Å². The lowest BCUT2D eigenvalue weighted by molar-refractivity contribution is -0.139. The Balaban J connectivity index is 2.34. The fourth-order valence-corrected chi connectivity index (χ4v) is 1.71. The molecule has 1 aliphatic rings. The van der Waals surface area contributed by atoms with Gasteiger partial charge in [0.05, 0.1) is 5.33 Å². The molecule has 3 heteroatoms. The number of hydrogen-bond acceptors (Lipinski definition) is 1. The molecule has 1 heterocycles. The Hall–Kier alpha value is -0.0500. The first-order valence-corrected chi connectivity index (χ1v) is 5.07. The molecule has 11 heavy (non-hydrogen) atoms. The minimum Gasteiger partial charge on any atom is -0.341 e.